The number of carbonyl (C=O) groups is 10. The van der Waals surface area contributed by atoms with Crippen molar-refractivity contribution < 1.29 is 132 Å². The number of carbonyl (C=O) groups excluding carboxylic acids is 10. The van der Waals surface area contributed by atoms with E-state index >= 15 is 24.0 Å². The Morgan fingerprint density at radius 3 is 2.02 bits per heavy atom. The number of ether oxygens (including phenoxy) is 7. The quantitative estimate of drug-likeness (QED) is 0.0277. The topological polar surface area (TPSA) is 620 Å². The SMILES string of the molecule is CCOc1ccc(C=CC(=O)Nc2ccn(CCNC3(C)CC(OC4C(Oc5c6cc7cc5Oc5ccc(cc5Cl)C(O)C5NC(=O)C(NC(=O)C7NC(=O)C(CC(N)=O)NC(=O)C(NC(=O)C(CC(C)C)NC)C(O)c7ccc(c(Cl)c7)O6)c6ccc(O)c(c6)-c6c(O)cc(O)cc6C(C(=O)NOCC(=O)NC)NC5=O)OC(CO)C(O)C4O)OC(C)C3O)c(=O)n2)cc1. The summed E-state index contributed by atoms with van der Waals surface area (Å²) in [5, 5.41) is 132. The van der Waals surface area contributed by atoms with E-state index in [0.717, 1.165) is 66.7 Å². The molecule has 7 aliphatic rings. The highest BCUT2D eigenvalue weighted by Gasteiger charge is 2.52. The molecule has 0 saturated carbocycles. The number of fused-ring (bicyclic) bond motifs is 15. The normalized spacial score (nSPS) is 25.4. The maximum Gasteiger partial charge on any atom is 0.349 e. The number of aliphatic hydroxyl groups is 6. The largest absolute Gasteiger partial charge is 0.508 e. The summed E-state index contributed by atoms with van der Waals surface area (Å²) in [5.41, 5.74) is 3.35. The van der Waals surface area contributed by atoms with Crippen molar-refractivity contribution in [3.05, 3.63) is 175 Å². The number of likely N-dealkylation sites (N-methyl/N-ethyl adjacent to an activating group) is 2. The summed E-state index contributed by atoms with van der Waals surface area (Å²) in [5.74, 6) is -16.8. The van der Waals surface area contributed by atoms with Crippen molar-refractivity contribution in [1.29, 1.82) is 0 Å². The van der Waals surface area contributed by atoms with Gasteiger partial charge >= 0.3 is 5.69 Å². The van der Waals surface area contributed by atoms with Gasteiger partial charge < -0.3 is 138 Å². The zero-order valence-electron chi connectivity index (χ0n) is 70.7. The molecule has 10 amide bonds. The number of nitrogens with zero attached hydrogens (tertiary/aromatic N) is 2. The van der Waals surface area contributed by atoms with Gasteiger partial charge in [0.05, 0.1) is 47.9 Å². The number of amides is 10. The number of nitrogens with one attached hydrogen (secondary N) is 11. The van der Waals surface area contributed by atoms with Gasteiger partial charge in [0, 0.05) is 61.6 Å². The molecule has 14 rings (SSSR count). The molecule has 130 heavy (non-hydrogen) atoms. The van der Waals surface area contributed by atoms with Gasteiger partial charge in [-0.25, -0.2) is 10.3 Å². The molecule has 22 N–H and O–H groups in total. The smallest absolute Gasteiger partial charge is 0.349 e. The molecule has 0 radical (unpaired) electrons. The van der Waals surface area contributed by atoms with Gasteiger partial charge in [0.1, 0.15) is 107 Å². The number of halogens is 2. The first-order valence-electron chi connectivity index (χ1n) is 41.0. The second kappa shape index (κ2) is 41.8. The molecule has 7 aliphatic heterocycles. The Hall–Kier alpha value is -12.7. The summed E-state index contributed by atoms with van der Waals surface area (Å²) in [6.07, 6.45) is -15.5. The van der Waals surface area contributed by atoms with Gasteiger partial charge in [-0.15, -0.1) is 0 Å². The van der Waals surface area contributed by atoms with E-state index < -0.39 is 277 Å². The number of phenols is 3. The van der Waals surface area contributed by atoms with E-state index in [4.69, 9.17) is 66.9 Å². The second-order valence-electron chi connectivity index (χ2n) is 31.8. The highest BCUT2D eigenvalue weighted by atomic mass is 35.5. The summed E-state index contributed by atoms with van der Waals surface area (Å²) in [6, 6.07) is 7.36. The molecule has 0 aliphatic carbocycles. The van der Waals surface area contributed by atoms with Crippen molar-refractivity contribution in [3.8, 4) is 62.9 Å². The van der Waals surface area contributed by atoms with Gasteiger partial charge in [0.25, 0.3) is 5.91 Å². The Balaban J connectivity index is 0.986. The maximum absolute atomic E-state index is 16.4. The van der Waals surface area contributed by atoms with Gasteiger partial charge in [-0.1, -0.05) is 67.4 Å². The first kappa shape index (κ1) is 96.4. The highest BCUT2D eigenvalue weighted by molar-refractivity contribution is 6.32. The maximum atomic E-state index is 16.4. The average molecular weight is 1850 g/mol. The molecule has 8 heterocycles. The monoisotopic (exact) mass is 1840 g/mol. The van der Waals surface area contributed by atoms with E-state index in [0.29, 0.717) is 17.9 Å². The number of benzene rings is 6. The lowest BCUT2D eigenvalue weighted by atomic mass is 9.85. The second-order valence-corrected chi connectivity index (χ2v) is 32.6. The van der Waals surface area contributed by atoms with Crippen LogP contribution in [0.1, 0.15) is 118 Å². The molecule has 6 aromatic carbocycles. The summed E-state index contributed by atoms with van der Waals surface area (Å²) in [4.78, 5) is 168. The van der Waals surface area contributed by atoms with E-state index in [-0.39, 0.29) is 48.8 Å². The lowest BCUT2D eigenvalue weighted by molar-refractivity contribution is -0.334. The molecule has 44 heteroatoms. The number of hydroxylamine groups is 1. The molecule has 1 aromatic heterocycles. The molecule has 11 bridgehead atoms. The summed E-state index contributed by atoms with van der Waals surface area (Å²) < 4.78 is 46.2. The number of phenolic OH excluding ortho intramolecular Hbond substituents is 3. The number of nitrogens with two attached hydrogens (primary N) is 1. The van der Waals surface area contributed by atoms with E-state index in [1.807, 2.05) is 12.4 Å². The third kappa shape index (κ3) is 22.4. The van der Waals surface area contributed by atoms with Crippen molar-refractivity contribution in [2.45, 2.75) is 170 Å². The van der Waals surface area contributed by atoms with Crippen molar-refractivity contribution in [2.24, 2.45) is 11.7 Å². The van der Waals surface area contributed by atoms with Crippen LogP contribution >= 0.6 is 23.2 Å². The number of anilines is 1. The van der Waals surface area contributed by atoms with E-state index in [1.165, 1.54) is 56.1 Å². The number of aliphatic hydroxyl groups excluding tert-OH is 6. The summed E-state index contributed by atoms with van der Waals surface area (Å²) in [7, 11) is 2.72. The van der Waals surface area contributed by atoms with E-state index in [9.17, 15) is 74.7 Å². The minimum Gasteiger partial charge on any atom is -0.508 e. The van der Waals surface area contributed by atoms with Gasteiger partial charge in [0.15, 0.2) is 30.5 Å². The average Bonchev–Trinajstić information content (AvgIpc) is 0.765. The van der Waals surface area contributed by atoms with Crippen LogP contribution in [0, 0.1) is 5.92 Å². The van der Waals surface area contributed by atoms with Crippen molar-refractivity contribution in [3.63, 3.8) is 0 Å². The molecule has 18 unspecified atom stereocenters. The summed E-state index contributed by atoms with van der Waals surface area (Å²) >= 11 is 14.4. The zero-order chi connectivity index (χ0) is 94.0. The van der Waals surface area contributed by atoms with Crippen LogP contribution in [0.15, 0.2) is 126 Å². The fourth-order valence-corrected chi connectivity index (χ4v) is 15.7. The lowest BCUT2D eigenvalue weighted by Crippen LogP contribution is -2.65. The first-order chi connectivity index (χ1) is 61.9. The number of hydrogen-bond acceptors (Lipinski definition) is 31. The molecule has 2 fully saturated rings. The van der Waals surface area contributed by atoms with Crippen LogP contribution in [0.4, 0.5) is 5.82 Å². The predicted molar refractivity (Wildman–Crippen MR) is 457 cm³/mol. The third-order valence-electron chi connectivity index (χ3n) is 22.0. The first-order valence-corrected chi connectivity index (χ1v) is 41.7. The molecule has 18 atom stereocenters. The molecule has 0 spiro atoms. The third-order valence-corrected chi connectivity index (χ3v) is 22.6. The molecule has 42 nitrogen and oxygen atoms in total. The zero-order valence-corrected chi connectivity index (χ0v) is 72.2. The minimum atomic E-state index is -2.42. The molecule has 7 aromatic rings. The molecule has 2 saturated heterocycles. The molecule has 694 valence electrons. The van der Waals surface area contributed by atoms with E-state index in [1.54, 1.807) is 51.1 Å². The molecular weight excluding hydrogens is 1750 g/mol. The number of aromatic hydroxyl groups is 3. The van der Waals surface area contributed by atoms with Crippen LogP contribution in [-0.4, -0.2) is 234 Å². The fourth-order valence-electron chi connectivity index (χ4n) is 15.3. The lowest BCUT2D eigenvalue weighted by Gasteiger charge is -2.48. The van der Waals surface area contributed by atoms with Crippen LogP contribution in [0.2, 0.25) is 10.0 Å². The number of rotatable bonds is 25. The van der Waals surface area contributed by atoms with Gasteiger partial charge in [-0.05, 0) is 152 Å². The number of primary amides is 1. The van der Waals surface area contributed by atoms with E-state index in [2.05, 4.69) is 58.2 Å². The van der Waals surface area contributed by atoms with Crippen molar-refractivity contribution in [2.75, 3.05) is 45.8 Å². The predicted octanol–water partition coefficient (Wildman–Crippen LogP) is 0.754. The Morgan fingerprint density at radius 2 is 1.38 bits per heavy atom. The van der Waals surface area contributed by atoms with Crippen LogP contribution < -0.4 is 89.0 Å². The van der Waals surface area contributed by atoms with Crippen molar-refractivity contribution >= 4 is 94.2 Å². The van der Waals surface area contributed by atoms with Gasteiger partial charge in [0.2, 0.25) is 65.2 Å². The fraction of sp³-hybridized carbons (Fsp3) is 0.395. The highest BCUT2D eigenvalue weighted by Crippen LogP contribution is 2.50. The standard InChI is InChI=1S/C86H98Cl2N14O28/c1-8-123-45-15-9-39(10-16-45)11-20-61(108)94-60-21-23-102(85(122)95-60)24-22-92-86(5)34-63(125-38(4)76(86)114)129-75-73(113)72(112)58(35-103)128-84(75)130-74-56-29-43-30-57(74)127-55-19-14-42(28-49(55)88)71(111)69-82(120)98-67(83(121)101-124-36-62(109)91-7)47-31-44(104)32-53(106)64(47)46-26-40(12-17-52(46)105)65(79(117)100-69)97-80(118)66(43)96-78(116)51(33-59(89)107)93-81(119)68(99-77(115)50(90-6)25-37(2)3)70(110)41-13-18-54(126-56)48(87)27-41/h9-21,23,26-32,37-38,50-51,58,63,65-73,75-76,84,90,92,103-106,110-114H,8,22,24-25,33-36H2,1-7H3,(H2,89,107)(H,91,109)(H,93,119)(H,96,116)(H,97,118)(H,98,120)(H,99,115)(H,100,117)(H,101,121)(H,94,95,108,122). The Kier molecular flexibility index (Phi) is 31.0. The number of hydrogen-bond donors (Lipinski definition) is 21. The van der Waals surface area contributed by atoms with Crippen LogP contribution in [0.25, 0.3) is 17.2 Å². The van der Waals surface area contributed by atoms with Crippen LogP contribution in [-0.2, 0) is 73.5 Å². The molecular formula is C86H98Cl2N14O28. The van der Waals surface area contributed by atoms with Gasteiger partial charge in [-0.3, -0.25) is 57.4 Å². The number of aromatic nitrogens is 2. The van der Waals surface area contributed by atoms with Crippen LogP contribution in [0.3, 0.4) is 0 Å². The van der Waals surface area contributed by atoms with Crippen molar-refractivity contribution in [1.82, 2.24) is 62.9 Å². The Bertz CT molecular complexity index is 5540. The minimum absolute atomic E-state index is 0.0412. The Labute approximate surface area is 750 Å². The van der Waals surface area contributed by atoms with Crippen LogP contribution in [0.5, 0.6) is 51.7 Å². The van der Waals surface area contributed by atoms with Gasteiger partial charge in [-0.2, -0.15) is 4.98 Å². The summed E-state index contributed by atoms with van der Waals surface area (Å²) in [6.45, 7) is 7.07. The Morgan fingerprint density at radius 1 is 0.731 bits per heavy atom.